The quantitative estimate of drug-likeness (QED) is 0.655. The van der Waals surface area contributed by atoms with Gasteiger partial charge in [0.1, 0.15) is 5.75 Å². The highest BCUT2D eigenvalue weighted by Gasteiger charge is 2.36. The Balaban J connectivity index is 2.19. The summed E-state index contributed by atoms with van der Waals surface area (Å²) in [5.74, 6) is 1.17. The third-order valence-electron chi connectivity index (χ3n) is 3.70. The third-order valence-corrected chi connectivity index (χ3v) is 3.70. The molecule has 2 aliphatic heterocycles. The van der Waals surface area contributed by atoms with Gasteiger partial charge in [0.2, 0.25) is 5.75 Å². The Labute approximate surface area is 110 Å². The lowest BCUT2D eigenvalue weighted by molar-refractivity contribution is -0.386. The predicted octanol–water partition coefficient (Wildman–Crippen LogP) is 1.36. The average Bonchev–Trinajstić information content (AvgIpc) is 3.01. The monoisotopic (exact) mass is 264 g/mol. The van der Waals surface area contributed by atoms with Gasteiger partial charge in [0, 0.05) is 24.0 Å². The van der Waals surface area contributed by atoms with E-state index in [1.807, 2.05) is 0 Å². The maximum atomic E-state index is 11.3. The van der Waals surface area contributed by atoms with Gasteiger partial charge < -0.3 is 15.2 Å². The van der Waals surface area contributed by atoms with Crippen LogP contribution in [-0.2, 0) is 19.3 Å². The molecule has 2 heterocycles. The number of rotatable bonds is 4. The van der Waals surface area contributed by atoms with Crippen LogP contribution in [0, 0.1) is 10.1 Å². The summed E-state index contributed by atoms with van der Waals surface area (Å²) >= 11 is 0. The second-order valence-corrected chi connectivity index (χ2v) is 4.79. The summed E-state index contributed by atoms with van der Waals surface area (Å²) in [5, 5.41) is 11.3. The van der Waals surface area contributed by atoms with Gasteiger partial charge in [0.05, 0.1) is 23.7 Å². The fourth-order valence-corrected chi connectivity index (χ4v) is 2.92. The van der Waals surface area contributed by atoms with Crippen molar-refractivity contribution in [2.45, 2.75) is 25.7 Å². The van der Waals surface area contributed by atoms with Crippen molar-refractivity contribution in [1.82, 2.24) is 0 Å². The number of benzene rings is 1. The first-order valence-electron chi connectivity index (χ1n) is 6.54. The molecule has 0 spiro atoms. The summed E-state index contributed by atoms with van der Waals surface area (Å²) in [6, 6.07) is 0. The molecule has 6 heteroatoms. The van der Waals surface area contributed by atoms with Crippen molar-refractivity contribution in [1.29, 1.82) is 0 Å². The molecule has 2 N–H and O–H groups in total. The number of nitrogens with two attached hydrogens (primary N) is 1. The van der Waals surface area contributed by atoms with Crippen LogP contribution in [0.3, 0.4) is 0 Å². The van der Waals surface area contributed by atoms with Gasteiger partial charge in [-0.05, 0) is 19.4 Å². The van der Waals surface area contributed by atoms with Crippen LogP contribution in [0.25, 0.3) is 0 Å². The lowest BCUT2D eigenvalue weighted by Gasteiger charge is -2.13. The molecule has 2 aliphatic rings. The van der Waals surface area contributed by atoms with E-state index in [-0.39, 0.29) is 10.6 Å². The first-order valence-corrected chi connectivity index (χ1v) is 6.54. The number of nitrogens with zero attached hydrogens (tertiary/aromatic N) is 1. The largest absolute Gasteiger partial charge is 0.492 e. The highest BCUT2D eigenvalue weighted by molar-refractivity contribution is 5.69. The molecule has 6 nitrogen and oxygen atoms in total. The molecule has 0 unspecified atom stereocenters. The fourth-order valence-electron chi connectivity index (χ4n) is 2.92. The van der Waals surface area contributed by atoms with Gasteiger partial charge in [-0.3, -0.25) is 10.1 Å². The van der Waals surface area contributed by atoms with Gasteiger partial charge >= 0.3 is 5.69 Å². The molecular formula is C13H16N2O4. The molecule has 0 saturated heterocycles. The van der Waals surface area contributed by atoms with Crippen molar-refractivity contribution in [2.24, 2.45) is 5.73 Å². The number of hydrogen-bond donors (Lipinski definition) is 1. The molecule has 0 atom stereocenters. The Bertz CT molecular complexity index is 507. The molecule has 19 heavy (non-hydrogen) atoms. The molecule has 0 radical (unpaired) electrons. The van der Waals surface area contributed by atoms with Crippen molar-refractivity contribution in [3.63, 3.8) is 0 Å². The van der Waals surface area contributed by atoms with Gasteiger partial charge in [-0.15, -0.1) is 0 Å². The Kier molecular flexibility index (Phi) is 3.02. The van der Waals surface area contributed by atoms with Crippen molar-refractivity contribution in [3.8, 4) is 11.5 Å². The minimum absolute atomic E-state index is 0.108. The minimum atomic E-state index is -0.343. The summed E-state index contributed by atoms with van der Waals surface area (Å²) in [6.45, 7) is 1.62. The third kappa shape index (κ3) is 1.83. The molecule has 102 valence electrons. The van der Waals surface area contributed by atoms with E-state index in [2.05, 4.69) is 0 Å². The Morgan fingerprint density at radius 2 is 1.84 bits per heavy atom. The van der Waals surface area contributed by atoms with Gasteiger partial charge in [-0.1, -0.05) is 0 Å². The number of hydrogen-bond acceptors (Lipinski definition) is 5. The van der Waals surface area contributed by atoms with Crippen molar-refractivity contribution in [2.75, 3.05) is 19.8 Å². The van der Waals surface area contributed by atoms with E-state index in [9.17, 15) is 10.1 Å². The van der Waals surface area contributed by atoms with Crippen LogP contribution >= 0.6 is 0 Å². The zero-order chi connectivity index (χ0) is 13.4. The first-order chi connectivity index (χ1) is 9.24. The zero-order valence-electron chi connectivity index (χ0n) is 10.6. The lowest BCUT2D eigenvalue weighted by atomic mass is 9.94. The molecule has 1 aromatic carbocycles. The summed E-state index contributed by atoms with van der Waals surface area (Å²) < 4.78 is 11.2. The van der Waals surface area contributed by atoms with Gasteiger partial charge in [-0.25, -0.2) is 0 Å². The van der Waals surface area contributed by atoms with Crippen LogP contribution in [0.4, 0.5) is 5.69 Å². The number of fused-ring (bicyclic) bond motifs is 2. The van der Waals surface area contributed by atoms with Crippen molar-refractivity contribution in [3.05, 3.63) is 26.8 Å². The SMILES string of the molecule is NCCCc1c2c(c([N+](=O)[O-])c3c1OCC3)OCC2. The smallest absolute Gasteiger partial charge is 0.318 e. The van der Waals surface area contributed by atoms with Gasteiger partial charge in [-0.2, -0.15) is 0 Å². The van der Waals surface area contributed by atoms with E-state index in [1.54, 1.807) is 0 Å². The highest BCUT2D eigenvalue weighted by Crippen LogP contribution is 2.48. The van der Waals surface area contributed by atoms with Crippen LogP contribution in [0.5, 0.6) is 11.5 Å². The molecule has 0 saturated carbocycles. The Morgan fingerprint density at radius 1 is 1.16 bits per heavy atom. The number of nitro groups is 1. The second kappa shape index (κ2) is 4.70. The van der Waals surface area contributed by atoms with Gasteiger partial charge in [0.15, 0.2) is 0 Å². The van der Waals surface area contributed by atoms with Crippen LogP contribution in [0.1, 0.15) is 23.1 Å². The summed E-state index contributed by atoms with van der Waals surface area (Å²) in [7, 11) is 0. The van der Waals surface area contributed by atoms with Crippen molar-refractivity contribution < 1.29 is 14.4 Å². The summed E-state index contributed by atoms with van der Waals surface area (Å²) in [5.41, 5.74) is 8.38. The van der Waals surface area contributed by atoms with E-state index >= 15 is 0 Å². The van der Waals surface area contributed by atoms with Crippen LogP contribution < -0.4 is 15.2 Å². The normalized spacial score (nSPS) is 15.6. The van der Waals surface area contributed by atoms with Gasteiger partial charge in [0.25, 0.3) is 0 Å². The standard InChI is InChI=1S/C13H16N2O4/c14-5-1-2-8-9-3-6-19-13(9)11(15(16)17)10-4-7-18-12(8)10/h1-7,14H2. The topological polar surface area (TPSA) is 87.6 Å². The maximum Gasteiger partial charge on any atom is 0.318 e. The molecule has 1 aromatic rings. The Morgan fingerprint density at radius 3 is 2.53 bits per heavy atom. The van der Waals surface area contributed by atoms with Crippen LogP contribution in [0.2, 0.25) is 0 Å². The van der Waals surface area contributed by atoms with E-state index in [1.165, 1.54) is 0 Å². The average molecular weight is 264 g/mol. The number of ether oxygens (including phenoxy) is 2. The molecule has 3 rings (SSSR count). The summed E-state index contributed by atoms with van der Waals surface area (Å²) in [6.07, 6.45) is 2.94. The highest BCUT2D eigenvalue weighted by atomic mass is 16.6. The minimum Gasteiger partial charge on any atom is -0.492 e. The lowest BCUT2D eigenvalue weighted by Crippen LogP contribution is -2.05. The first kappa shape index (κ1) is 12.2. The molecule has 0 amide bonds. The maximum absolute atomic E-state index is 11.3. The van der Waals surface area contributed by atoms with E-state index in [4.69, 9.17) is 15.2 Å². The molecule has 0 aliphatic carbocycles. The zero-order valence-corrected chi connectivity index (χ0v) is 10.6. The van der Waals surface area contributed by atoms with E-state index in [0.29, 0.717) is 49.7 Å². The number of nitro benzene ring substituents is 1. The van der Waals surface area contributed by atoms with Crippen LogP contribution in [0.15, 0.2) is 0 Å². The predicted molar refractivity (Wildman–Crippen MR) is 68.9 cm³/mol. The summed E-state index contributed by atoms with van der Waals surface area (Å²) in [4.78, 5) is 11.0. The van der Waals surface area contributed by atoms with Crippen LogP contribution in [-0.4, -0.2) is 24.7 Å². The molecule has 0 aromatic heterocycles. The van der Waals surface area contributed by atoms with Crippen molar-refractivity contribution >= 4 is 5.69 Å². The molecule has 0 fully saturated rings. The molecular weight excluding hydrogens is 248 g/mol. The van der Waals surface area contributed by atoms with E-state index < -0.39 is 0 Å². The molecule has 0 bridgehead atoms. The van der Waals surface area contributed by atoms with E-state index in [0.717, 1.165) is 24.0 Å². The fraction of sp³-hybridized carbons (Fsp3) is 0.538. The second-order valence-electron chi connectivity index (χ2n) is 4.79. The Hall–Kier alpha value is -1.82.